The number of nitrogen functional groups attached to an aromatic ring is 1. The monoisotopic (exact) mass is 273 g/mol. The molecule has 0 radical (unpaired) electrons. The first-order chi connectivity index (χ1) is 8.37. The Kier molecular flexibility index (Phi) is 3.27. The first-order valence-electron chi connectivity index (χ1n) is 6.13. The summed E-state index contributed by atoms with van der Waals surface area (Å²) in [5, 5.41) is 0. The van der Waals surface area contributed by atoms with Crippen molar-refractivity contribution >= 4 is 15.5 Å². The average molecular weight is 273 g/mol. The fourth-order valence-electron chi connectivity index (χ4n) is 2.15. The van der Waals surface area contributed by atoms with Crippen molar-refractivity contribution < 1.29 is 8.42 Å². The van der Waals surface area contributed by atoms with Gasteiger partial charge in [0.1, 0.15) is 5.69 Å². The fraction of sp³-hybridized carbons (Fsp3) is 0.727. The van der Waals surface area contributed by atoms with E-state index >= 15 is 0 Å². The van der Waals surface area contributed by atoms with E-state index in [9.17, 15) is 13.2 Å². The molecule has 1 aliphatic carbocycles. The molecule has 18 heavy (non-hydrogen) atoms. The standard InChI is InChI=1S/C11H19N3O3S/c1-3-18(16,17)7-6-14-11(15)9(12)10(13(14)2)8-4-5-8/h8H,3-7,12H2,1-2H3. The van der Waals surface area contributed by atoms with Gasteiger partial charge in [0.05, 0.1) is 18.0 Å². The van der Waals surface area contributed by atoms with Gasteiger partial charge in [0, 0.05) is 18.7 Å². The molecular formula is C11H19N3O3S. The Hall–Kier alpha value is -1.24. The number of nitrogens with two attached hydrogens (primary N) is 1. The van der Waals surface area contributed by atoms with Gasteiger partial charge in [-0.2, -0.15) is 0 Å². The number of hydrogen-bond donors (Lipinski definition) is 1. The third-order valence-electron chi connectivity index (χ3n) is 3.47. The molecule has 7 heteroatoms. The lowest BCUT2D eigenvalue weighted by molar-refractivity contribution is 0.499. The fourth-order valence-corrected chi connectivity index (χ4v) is 2.89. The summed E-state index contributed by atoms with van der Waals surface area (Å²) in [5.41, 5.74) is 6.67. The van der Waals surface area contributed by atoms with Crippen LogP contribution < -0.4 is 11.3 Å². The van der Waals surface area contributed by atoms with Gasteiger partial charge in [-0.1, -0.05) is 6.92 Å². The molecule has 102 valence electrons. The van der Waals surface area contributed by atoms with Gasteiger partial charge in [0.2, 0.25) is 0 Å². The minimum Gasteiger partial charge on any atom is -0.393 e. The van der Waals surface area contributed by atoms with E-state index in [0.717, 1.165) is 18.5 Å². The van der Waals surface area contributed by atoms with E-state index in [2.05, 4.69) is 0 Å². The zero-order chi connectivity index (χ0) is 13.5. The van der Waals surface area contributed by atoms with Gasteiger partial charge in [-0.05, 0) is 12.8 Å². The second-order valence-corrected chi connectivity index (χ2v) is 7.23. The Morgan fingerprint density at radius 1 is 1.39 bits per heavy atom. The number of anilines is 1. The van der Waals surface area contributed by atoms with Gasteiger partial charge in [-0.15, -0.1) is 0 Å². The maximum absolute atomic E-state index is 12.0. The Morgan fingerprint density at radius 2 is 2.00 bits per heavy atom. The molecule has 0 bridgehead atoms. The SMILES string of the molecule is CCS(=O)(=O)CCn1c(=O)c(N)c(C2CC2)n1C. The summed E-state index contributed by atoms with van der Waals surface area (Å²) >= 11 is 0. The van der Waals surface area contributed by atoms with Crippen molar-refractivity contribution in [3.8, 4) is 0 Å². The highest BCUT2D eigenvalue weighted by molar-refractivity contribution is 7.91. The largest absolute Gasteiger partial charge is 0.393 e. The molecule has 2 rings (SSSR count). The van der Waals surface area contributed by atoms with Crippen molar-refractivity contribution in [3.63, 3.8) is 0 Å². The zero-order valence-corrected chi connectivity index (χ0v) is 11.5. The quantitative estimate of drug-likeness (QED) is 0.823. The lowest BCUT2D eigenvalue weighted by atomic mass is 10.2. The van der Waals surface area contributed by atoms with Gasteiger partial charge in [-0.3, -0.25) is 9.48 Å². The Bertz CT molecular complexity index is 608. The molecule has 0 unspecified atom stereocenters. The molecule has 6 nitrogen and oxygen atoms in total. The minimum absolute atomic E-state index is 0.0230. The summed E-state index contributed by atoms with van der Waals surface area (Å²) in [4.78, 5) is 12.0. The van der Waals surface area contributed by atoms with Crippen molar-refractivity contribution in [2.75, 3.05) is 17.2 Å². The molecule has 1 aliphatic rings. The van der Waals surface area contributed by atoms with Gasteiger partial charge < -0.3 is 5.73 Å². The van der Waals surface area contributed by atoms with E-state index < -0.39 is 9.84 Å². The third-order valence-corrected chi connectivity index (χ3v) is 5.15. The lowest BCUT2D eigenvalue weighted by Gasteiger charge is -2.09. The molecule has 1 fully saturated rings. The molecular weight excluding hydrogens is 254 g/mol. The van der Waals surface area contributed by atoms with Crippen molar-refractivity contribution in [1.82, 2.24) is 9.36 Å². The first-order valence-corrected chi connectivity index (χ1v) is 7.95. The summed E-state index contributed by atoms with van der Waals surface area (Å²) in [5.74, 6) is 0.439. The van der Waals surface area contributed by atoms with E-state index in [-0.39, 0.29) is 29.3 Å². The van der Waals surface area contributed by atoms with Crippen LogP contribution in [-0.4, -0.2) is 29.3 Å². The molecule has 1 heterocycles. The molecule has 0 spiro atoms. The number of aromatic nitrogens is 2. The van der Waals surface area contributed by atoms with Crippen LogP contribution in [0.2, 0.25) is 0 Å². The molecule has 1 aromatic rings. The molecule has 1 saturated carbocycles. The number of nitrogens with zero attached hydrogens (tertiary/aromatic N) is 2. The van der Waals surface area contributed by atoms with Crippen LogP contribution >= 0.6 is 0 Å². The summed E-state index contributed by atoms with van der Waals surface area (Å²) < 4.78 is 26.1. The molecule has 2 N–H and O–H groups in total. The highest BCUT2D eigenvalue weighted by atomic mass is 32.2. The van der Waals surface area contributed by atoms with E-state index in [0.29, 0.717) is 5.92 Å². The highest BCUT2D eigenvalue weighted by Gasteiger charge is 2.31. The minimum atomic E-state index is -3.07. The smallest absolute Gasteiger partial charge is 0.290 e. The molecule has 0 amide bonds. The molecule has 0 aliphatic heterocycles. The van der Waals surface area contributed by atoms with Crippen LogP contribution in [0, 0.1) is 0 Å². The van der Waals surface area contributed by atoms with Crippen molar-refractivity contribution in [2.24, 2.45) is 7.05 Å². The lowest BCUT2D eigenvalue weighted by Crippen LogP contribution is -2.27. The Labute approximate surface area is 106 Å². The Balaban J connectivity index is 2.29. The van der Waals surface area contributed by atoms with Crippen LogP contribution in [0.4, 0.5) is 5.69 Å². The van der Waals surface area contributed by atoms with Crippen LogP contribution in [0.3, 0.4) is 0 Å². The van der Waals surface area contributed by atoms with E-state index in [1.165, 1.54) is 4.68 Å². The van der Waals surface area contributed by atoms with Crippen molar-refractivity contribution in [2.45, 2.75) is 32.2 Å². The molecule has 0 saturated heterocycles. The summed E-state index contributed by atoms with van der Waals surface area (Å²) in [6.07, 6.45) is 2.10. The average Bonchev–Trinajstić information content (AvgIpc) is 3.10. The topological polar surface area (TPSA) is 87.1 Å². The van der Waals surface area contributed by atoms with Crippen molar-refractivity contribution in [3.05, 3.63) is 16.0 Å². The van der Waals surface area contributed by atoms with Crippen LogP contribution in [0.5, 0.6) is 0 Å². The molecule has 0 atom stereocenters. The molecule has 0 aromatic carbocycles. The van der Waals surface area contributed by atoms with E-state index in [1.807, 2.05) is 0 Å². The van der Waals surface area contributed by atoms with Crippen LogP contribution in [0.15, 0.2) is 4.79 Å². The van der Waals surface area contributed by atoms with Gasteiger partial charge >= 0.3 is 0 Å². The number of rotatable bonds is 5. The van der Waals surface area contributed by atoms with Gasteiger partial charge in [0.15, 0.2) is 9.84 Å². The maximum atomic E-state index is 12.0. The predicted molar refractivity (Wildman–Crippen MR) is 70.4 cm³/mol. The third kappa shape index (κ3) is 2.31. The van der Waals surface area contributed by atoms with Crippen molar-refractivity contribution in [1.29, 1.82) is 0 Å². The second-order valence-electron chi connectivity index (χ2n) is 4.76. The Morgan fingerprint density at radius 3 is 2.50 bits per heavy atom. The summed E-state index contributed by atoms with van der Waals surface area (Å²) in [6, 6.07) is 0. The predicted octanol–water partition coefficient (Wildman–Crippen LogP) is 0.0811. The summed E-state index contributed by atoms with van der Waals surface area (Å²) in [6.45, 7) is 1.77. The first kappa shape index (κ1) is 13.2. The van der Waals surface area contributed by atoms with Gasteiger partial charge in [-0.25, -0.2) is 13.1 Å². The number of hydrogen-bond acceptors (Lipinski definition) is 4. The number of sulfone groups is 1. The van der Waals surface area contributed by atoms with E-state index in [4.69, 9.17) is 5.73 Å². The van der Waals surface area contributed by atoms with Crippen LogP contribution in [0.1, 0.15) is 31.4 Å². The maximum Gasteiger partial charge on any atom is 0.290 e. The van der Waals surface area contributed by atoms with Gasteiger partial charge in [0.25, 0.3) is 5.56 Å². The second kappa shape index (κ2) is 4.46. The van der Waals surface area contributed by atoms with E-state index in [1.54, 1.807) is 18.7 Å². The molecule has 1 aromatic heterocycles. The zero-order valence-electron chi connectivity index (χ0n) is 10.7. The normalized spacial score (nSPS) is 16.1. The highest BCUT2D eigenvalue weighted by Crippen LogP contribution is 2.41. The van der Waals surface area contributed by atoms with Crippen LogP contribution in [0.25, 0.3) is 0 Å². The van der Waals surface area contributed by atoms with Crippen LogP contribution in [-0.2, 0) is 23.4 Å². The summed E-state index contributed by atoms with van der Waals surface area (Å²) in [7, 11) is -1.31.